The molecule has 0 aliphatic heterocycles. The number of hydrogen-bond donors (Lipinski definition) is 1. The predicted octanol–water partition coefficient (Wildman–Crippen LogP) is 3.84. The molecule has 1 heteroatoms. The molecule has 1 aliphatic rings. The van der Waals surface area contributed by atoms with Gasteiger partial charge in [0.1, 0.15) is 0 Å². The third-order valence-corrected chi connectivity index (χ3v) is 4.42. The SMILES string of the molecule is CNC1CCC(C)(c2ccc(C(C)C)cc2)C1. The lowest BCUT2D eigenvalue weighted by molar-refractivity contribution is 0.466. The van der Waals surface area contributed by atoms with Gasteiger partial charge < -0.3 is 5.32 Å². The van der Waals surface area contributed by atoms with Crippen molar-refractivity contribution in [3.63, 3.8) is 0 Å². The van der Waals surface area contributed by atoms with Crippen molar-refractivity contribution in [2.75, 3.05) is 7.05 Å². The van der Waals surface area contributed by atoms with Gasteiger partial charge in [-0.2, -0.15) is 0 Å². The number of nitrogens with one attached hydrogen (secondary N) is 1. The molecule has 1 nitrogen and oxygen atoms in total. The Bertz CT molecular complexity index is 366. The molecule has 17 heavy (non-hydrogen) atoms. The van der Waals surface area contributed by atoms with Gasteiger partial charge in [-0.05, 0) is 48.8 Å². The fraction of sp³-hybridized carbons (Fsp3) is 0.625. The van der Waals surface area contributed by atoms with E-state index < -0.39 is 0 Å². The second kappa shape index (κ2) is 4.81. The summed E-state index contributed by atoms with van der Waals surface area (Å²) in [6.45, 7) is 6.92. The summed E-state index contributed by atoms with van der Waals surface area (Å²) in [4.78, 5) is 0. The molecular formula is C16H25N. The molecule has 0 bridgehead atoms. The molecule has 2 unspecified atom stereocenters. The minimum absolute atomic E-state index is 0.378. The Labute approximate surface area is 106 Å². The van der Waals surface area contributed by atoms with Crippen LogP contribution in [0, 0.1) is 0 Å². The summed E-state index contributed by atoms with van der Waals surface area (Å²) in [6.07, 6.45) is 3.88. The van der Waals surface area contributed by atoms with Crippen molar-refractivity contribution < 1.29 is 0 Å². The maximum absolute atomic E-state index is 3.42. The van der Waals surface area contributed by atoms with E-state index >= 15 is 0 Å². The van der Waals surface area contributed by atoms with Gasteiger partial charge in [0.2, 0.25) is 0 Å². The Balaban J connectivity index is 2.17. The molecule has 0 radical (unpaired) electrons. The first-order valence-corrected chi connectivity index (χ1v) is 6.83. The van der Waals surface area contributed by atoms with E-state index in [0.717, 1.165) is 0 Å². The van der Waals surface area contributed by atoms with Crippen molar-refractivity contribution >= 4 is 0 Å². The Kier molecular flexibility index (Phi) is 3.58. The van der Waals surface area contributed by atoms with Gasteiger partial charge in [-0.25, -0.2) is 0 Å². The lowest BCUT2D eigenvalue weighted by atomic mass is 9.80. The molecule has 2 atom stereocenters. The zero-order valence-electron chi connectivity index (χ0n) is 11.6. The average Bonchev–Trinajstić information content (AvgIpc) is 2.73. The molecule has 1 aliphatic carbocycles. The number of hydrogen-bond acceptors (Lipinski definition) is 1. The molecule has 0 amide bonds. The van der Waals surface area contributed by atoms with Crippen LogP contribution >= 0.6 is 0 Å². The summed E-state index contributed by atoms with van der Waals surface area (Å²) in [7, 11) is 2.08. The van der Waals surface area contributed by atoms with Gasteiger partial charge in [0.05, 0.1) is 0 Å². The maximum Gasteiger partial charge on any atom is 0.00727 e. The average molecular weight is 231 g/mol. The van der Waals surface area contributed by atoms with Crippen LogP contribution in [0.2, 0.25) is 0 Å². The van der Waals surface area contributed by atoms with E-state index in [-0.39, 0.29) is 0 Å². The summed E-state index contributed by atoms with van der Waals surface area (Å²) in [5, 5.41) is 3.42. The molecule has 0 heterocycles. The fourth-order valence-corrected chi connectivity index (χ4v) is 3.02. The van der Waals surface area contributed by atoms with E-state index in [0.29, 0.717) is 17.4 Å². The van der Waals surface area contributed by atoms with Gasteiger partial charge in [0, 0.05) is 6.04 Å². The molecular weight excluding hydrogens is 206 g/mol. The highest BCUT2D eigenvalue weighted by Crippen LogP contribution is 2.40. The molecule has 1 N–H and O–H groups in total. The fourth-order valence-electron chi connectivity index (χ4n) is 3.02. The van der Waals surface area contributed by atoms with Crippen LogP contribution in [-0.4, -0.2) is 13.1 Å². The zero-order valence-corrected chi connectivity index (χ0v) is 11.6. The van der Waals surface area contributed by atoms with Crippen molar-refractivity contribution in [2.45, 2.75) is 57.4 Å². The molecule has 1 fully saturated rings. The van der Waals surface area contributed by atoms with E-state index in [9.17, 15) is 0 Å². The van der Waals surface area contributed by atoms with Crippen LogP contribution in [0.3, 0.4) is 0 Å². The lowest BCUT2D eigenvalue weighted by Gasteiger charge is -2.25. The standard InChI is InChI=1S/C16H25N/c1-12(2)13-5-7-14(8-6-13)16(3)10-9-15(11-16)17-4/h5-8,12,15,17H,9-11H2,1-4H3. The van der Waals surface area contributed by atoms with Gasteiger partial charge in [0.15, 0.2) is 0 Å². The lowest BCUT2D eigenvalue weighted by Crippen LogP contribution is -2.25. The first-order valence-electron chi connectivity index (χ1n) is 6.83. The van der Waals surface area contributed by atoms with Crippen LogP contribution < -0.4 is 5.32 Å². The van der Waals surface area contributed by atoms with Gasteiger partial charge >= 0.3 is 0 Å². The van der Waals surface area contributed by atoms with Crippen molar-refractivity contribution in [2.24, 2.45) is 0 Å². The monoisotopic (exact) mass is 231 g/mol. The Morgan fingerprint density at radius 2 is 1.88 bits per heavy atom. The maximum atomic E-state index is 3.42. The first-order chi connectivity index (χ1) is 8.05. The minimum Gasteiger partial charge on any atom is -0.317 e. The van der Waals surface area contributed by atoms with Crippen molar-refractivity contribution in [3.8, 4) is 0 Å². The first kappa shape index (κ1) is 12.6. The van der Waals surface area contributed by atoms with E-state index in [1.807, 2.05) is 0 Å². The highest BCUT2D eigenvalue weighted by molar-refractivity contribution is 5.31. The van der Waals surface area contributed by atoms with E-state index in [1.165, 1.54) is 30.4 Å². The summed E-state index contributed by atoms with van der Waals surface area (Å²) in [5.41, 5.74) is 3.34. The van der Waals surface area contributed by atoms with Gasteiger partial charge in [-0.1, -0.05) is 45.0 Å². The summed E-state index contributed by atoms with van der Waals surface area (Å²) < 4.78 is 0. The third kappa shape index (κ3) is 2.55. The molecule has 0 saturated heterocycles. The molecule has 94 valence electrons. The number of benzene rings is 1. The smallest absolute Gasteiger partial charge is 0.00727 e. The zero-order chi connectivity index (χ0) is 12.5. The van der Waals surface area contributed by atoms with Crippen molar-refractivity contribution in [1.29, 1.82) is 0 Å². The van der Waals surface area contributed by atoms with Crippen LogP contribution in [-0.2, 0) is 5.41 Å². The topological polar surface area (TPSA) is 12.0 Å². The summed E-state index contributed by atoms with van der Waals surface area (Å²) in [5.74, 6) is 0.630. The molecule has 1 aromatic carbocycles. The highest BCUT2D eigenvalue weighted by atomic mass is 14.9. The quantitative estimate of drug-likeness (QED) is 0.833. The van der Waals surface area contributed by atoms with Gasteiger partial charge in [0.25, 0.3) is 0 Å². The molecule has 2 rings (SSSR count). The van der Waals surface area contributed by atoms with Crippen LogP contribution in [0.15, 0.2) is 24.3 Å². The van der Waals surface area contributed by atoms with Gasteiger partial charge in [-0.15, -0.1) is 0 Å². The van der Waals surface area contributed by atoms with Gasteiger partial charge in [-0.3, -0.25) is 0 Å². The Morgan fingerprint density at radius 1 is 1.24 bits per heavy atom. The van der Waals surface area contributed by atoms with Crippen molar-refractivity contribution in [1.82, 2.24) is 5.32 Å². The Hall–Kier alpha value is -0.820. The van der Waals surface area contributed by atoms with E-state index in [2.05, 4.69) is 57.4 Å². The second-order valence-corrected chi connectivity index (χ2v) is 6.07. The third-order valence-electron chi connectivity index (χ3n) is 4.42. The second-order valence-electron chi connectivity index (χ2n) is 6.07. The molecule has 0 spiro atoms. The van der Waals surface area contributed by atoms with Crippen LogP contribution in [0.4, 0.5) is 0 Å². The summed E-state index contributed by atoms with van der Waals surface area (Å²) >= 11 is 0. The van der Waals surface area contributed by atoms with E-state index in [4.69, 9.17) is 0 Å². The highest BCUT2D eigenvalue weighted by Gasteiger charge is 2.35. The largest absolute Gasteiger partial charge is 0.317 e. The number of rotatable bonds is 3. The van der Waals surface area contributed by atoms with Crippen LogP contribution in [0.1, 0.15) is 57.1 Å². The summed E-state index contributed by atoms with van der Waals surface area (Å²) in [6, 6.07) is 9.99. The Morgan fingerprint density at radius 3 is 2.35 bits per heavy atom. The van der Waals surface area contributed by atoms with Crippen LogP contribution in [0.5, 0.6) is 0 Å². The minimum atomic E-state index is 0.378. The molecule has 1 aromatic rings. The normalized spacial score (nSPS) is 28.9. The van der Waals surface area contributed by atoms with Crippen LogP contribution in [0.25, 0.3) is 0 Å². The van der Waals surface area contributed by atoms with E-state index in [1.54, 1.807) is 0 Å². The van der Waals surface area contributed by atoms with Crippen molar-refractivity contribution in [3.05, 3.63) is 35.4 Å². The molecule has 0 aromatic heterocycles. The predicted molar refractivity (Wildman–Crippen MR) is 74.6 cm³/mol. The molecule has 1 saturated carbocycles.